The van der Waals surface area contributed by atoms with E-state index in [0.29, 0.717) is 6.61 Å². The van der Waals surface area contributed by atoms with Crippen molar-refractivity contribution in [2.45, 2.75) is 18.4 Å². The molecule has 2 unspecified atom stereocenters. The highest BCUT2D eigenvalue weighted by Gasteiger charge is 2.30. The van der Waals surface area contributed by atoms with Gasteiger partial charge in [0.05, 0.1) is 13.2 Å². The Morgan fingerprint density at radius 1 is 1.05 bits per heavy atom. The van der Waals surface area contributed by atoms with Gasteiger partial charge in [-0.15, -0.1) is 0 Å². The van der Waals surface area contributed by atoms with Crippen molar-refractivity contribution in [3.63, 3.8) is 0 Å². The van der Waals surface area contributed by atoms with E-state index >= 15 is 0 Å². The van der Waals surface area contributed by atoms with Crippen LogP contribution in [0.15, 0.2) is 42.5 Å². The summed E-state index contributed by atoms with van der Waals surface area (Å²) in [5.41, 5.74) is 10.1. The van der Waals surface area contributed by atoms with Crippen LogP contribution >= 0.6 is 0 Å². The first-order valence-corrected chi connectivity index (χ1v) is 7.06. The van der Waals surface area contributed by atoms with Gasteiger partial charge in [-0.05, 0) is 23.3 Å². The second-order valence-corrected chi connectivity index (χ2v) is 5.45. The Morgan fingerprint density at radius 3 is 2.90 bits per heavy atom. The summed E-state index contributed by atoms with van der Waals surface area (Å²) < 4.78 is 11.3. The molecule has 0 amide bonds. The molecule has 4 rings (SSSR count). The van der Waals surface area contributed by atoms with E-state index in [1.165, 1.54) is 16.7 Å². The van der Waals surface area contributed by atoms with Crippen LogP contribution in [0.3, 0.4) is 0 Å². The summed E-state index contributed by atoms with van der Waals surface area (Å²) in [6.07, 6.45) is 0.980. The maximum atomic E-state index is 6.49. The second-order valence-electron chi connectivity index (χ2n) is 5.45. The standard InChI is InChI=1S/C17H17NO2/c18-17(12-5-6-15-11(9-12)7-8-19-15)14-10-20-16-4-2-1-3-13(14)16/h1-6,9,14,17H,7-8,10,18H2. The van der Waals surface area contributed by atoms with E-state index < -0.39 is 0 Å². The van der Waals surface area contributed by atoms with Crippen LogP contribution in [0.5, 0.6) is 11.5 Å². The lowest BCUT2D eigenvalue weighted by atomic mass is 9.88. The molecule has 2 aliphatic rings. The fraction of sp³-hybridized carbons (Fsp3) is 0.294. The van der Waals surface area contributed by atoms with Crippen LogP contribution < -0.4 is 15.2 Å². The van der Waals surface area contributed by atoms with Crippen molar-refractivity contribution in [2.24, 2.45) is 5.73 Å². The number of fused-ring (bicyclic) bond motifs is 2. The van der Waals surface area contributed by atoms with Crippen LogP contribution in [0.25, 0.3) is 0 Å². The quantitative estimate of drug-likeness (QED) is 0.910. The number of rotatable bonds is 2. The zero-order valence-corrected chi connectivity index (χ0v) is 11.2. The molecule has 0 bridgehead atoms. The molecule has 2 N–H and O–H groups in total. The molecule has 2 atom stereocenters. The summed E-state index contributed by atoms with van der Waals surface area (Å²) in [6, 6.07) is 14.4. The average molecular weight is 267 g/mol. The van der Waals surface area contributed by atoms with Gasteiger partial charge < -0.3 is 15.2 Å². The van der Waals surface area contributed by atoms with Crippen LogP contribution in [-0.4, -0.2) is 13.2 Å². The van der Waals surface area contributed by atoms with Crippen molar-refractivity contribution >= 4 is 0 Å². The number of hydrogen-bond acceptors (Lipinski definition) is 3. The molecule has 2 aromatic rings. The van der Waals surface area contributed by atoms with Gasteiger partial charge in [0.1, 0.15) is 11.5 Å². The predicted octanol–water partition coefficient (Wildman–Crippen LogP) is 2.80. The maximum Gasteiger partial charge on any atom is 0.122 e. The SMILES string of the molecule is NC(c1ccc2c(c1)CCO2)C1COc2ccccc21. The van der Waals surface area contributed by atoms with E-state index in [4.69, 9.17) is 15.2 Å². The third-order valence-corrected chi connectivity index (χ3v) is 4.27. The molecule has 0 aromatic heterocycles. The zero-order valence-electron chi connectivity index (χ0n) is 11.2. The Labute approximate surface area is 118 Å². The van der Waals surface area contributed by atoms with Crippen LogP contribution in [-0.2, 0) is 6.42 Å². The molecule has 0 aliphatic carbocycles. The number of benzene rings is 2. The molecule has 102 valence electrons. The van der Waals surface area contributed by atoms with Gasteiger partial charge in [-0.2, -0.15) is 0 Å². The van der Waals surface area contributed by atoms with Gasteiger partial charge in [-0.25, -0.2) is 0 Å². The van der Waals surface area contributed by atoms with Gasteiger partial charge in [0.2, 0.25) is 0 Å². The first-order chi connectivity index (χ1) is 9.83. The third kappa shape index (κ3) is 1.78. The first-order valence-electron chi connectivity index (χ1n) is 7.06. The average Bonchev–Trinajstić information content (AvgIpc) is 3.12. The summed E-state index contributed by atoms with van der Waals surface area (Å²) in [5.74, 6) is 2.20. The third-order valence-electron chi connectivity index (χ3n) is 4.27. The predicted molar refractivity (Wildman–Crippen MR) is 77.2 cm³/mol. The Hall–Kier alpha value is -2.00. The second kappa shape index (κ2) is 4.53. The number of hydrogen-bond donors (Lipinski definition) is 1. The molecule has 0 saturated heterocycles. The van der Waals surface area contributed by atoms with Crippen LogP contribution in [0.4, 0.5) is 0 Å². The molecule has 2 aromatic carbocycles. The van der Waals surface area contributed by atoms with E-state index in [9.17, 15) is 0 Å². The number of nitrogens with two attached hydrogens (primary N) is 1. The topological polar surface area (TPSA) is 44.5 Å². The van der Waals surface area contributed by atoms with Gasteiger partial charge in [0.15, 0.2) is 0 Å². The van der Waals surface area contributed by atoms with E-state index in [-0.39, 0.29) is 12.0 Å². The lowest BCUT2D eigenvalue weighted by molar-refractivity contribution is 0.315. The van der Waals surface area contributed by atoms with Crippen molar-refractivity contribution in [3.8, 4) is 11.5 Å². The van der Waals surface area contributed by atoms with Gasteiger partial charge in [0, 0.05) is 23.9 Å². The van der Waals surface area contributed by atoms with Gasteiger partial charge >= 0.3 is 0 Å². The minimum absolute atomic E-state index is 0.0375. The molecule has 3 nitrogen and oxygen atoms in total. The van der Waals surface area contributed by atoms with Crippen molar-refractivity contribution in [2.75, 3.05) is 13.2 Å². The molecule has 20 heavy (non-hydrogen) atoms. The molecule has 2 heterocycles. The summed E-state index contributed by atoms with van der Waals surface area (Å²) in [6.45, 7) is 1.44. The maximum absolute atomic E-state index is 6.49. The van der Waals surface area contributed by atoms with Crippen LogP contribution in [0.1, 0.15) is 28.7 Å². The van der Waals surface area contributed by atoms with Crippen LogP contribution in [0, 0.1) is 0 Å². The van der Waals surface area contributed by atoms with Crippen molar-refractivity contribution in [3.05, 3.63) is 59.2 Å². The summed E-state index contributed by atoms with van der Waals surface area (Å²) >= 11 is 0. The zero-order chi connectivity index (χ0) is 13.5. The van der Waals surface area contributed by atoms with Crippen LogP contribution in [0.2, 0.25) is 0 Å². The first kappa shape index (κ1) is 11.8. The molecule has 3 heteroatoms. The van der Waals surface area contributed by atoms with Gasteiger partial charge in [0.25, 0.3) is 0 Å². The highest BCUT2D eigenvalue weighted by Crippen LogP contribution is 2.41. The van der Waals surface area contributed by atoms with Crippen molar-refractivity contribution < 1.29 is 9.47 Å². The van der Waals surface area contributed by atoms with Gasteiger partial charge in [-0.1, -0.05) is 30.3 Å². The molecule has 0 spiro atoms. The lowest BCUT2D eigenvalue weighted by Crippen LogP contribution is -2.21. The fourth-order valence-corrected chi connectivity index (χ4v) is 3.13. The Morgan fingerprint density at radius 2 is 1.95 bits per heavy atom. The summed E-state index contributed by atoms with van der Waals surface area (Å²) in [7, 11) is 0. The minimum Gasteiger partial charge on any atom is -0.493 e. The smallest absolute Gasteiger partial charge is 0.122 e. The molecular formula is C17H17NO2. The number of ether oxygens (including phenoxy) is 2. The van der Waals surface area contributed by atoms with E-state index in [1.54, 1.807) is 0 Å². The van der Waals surface area contributed by atoms with E-state index in [1.807, 2.05) is 24.3 Å². The highest BCUT2D eigenvalue weighted by molar-refractivity contribution is 5.45. The molecule has 0 radical (unpaired) electrons. The monoisotopic (exact) mass is 267 g/mol. The lowest BCUT2D eigenvalue weighted by Gasteiger charge is -2.19. The largest absolute Gasteiger partial charge is 0.493 e. The van der Waals surface area contributed by atoms with Crippen molar-refractivity contribution in [1.82, 2.24) is 0 Å². The Bertz CT molecular complexity index is 653. The van der Waals surface area contributed by atoms with E-state index in [0.717, 1.165) is 24.5 Å². The molecule has 0 saturated carbocycles. The normalized spacial score (nSPS) is 20.8. The molecular weight excluding hydrogens is 250 g/mol. The summed E-state index contributed by atoms with van der Waals surface area (Å²) in [4.78, 5) is 0. The minimum atomic E-state index is -0.0375. The number of para-hydroxylation sites is 1. The van der Waals surface area contributed by atoms with Gasteiger partial charge in [-0.3, -0.25) is 0 Å². The van der Waals surface area contributed by atoms with Crippen molar-refractivity contribution in [1.29, 1.82) is 0 Å². The molecule has 2 aliphatic heterocycles. The Kier molecular flexibility index (Phi) is 2.67. The molecule has 0 fully saturated rings. The highest BCUT2D eigenvalue weighted by atomic mass is 16.5. The van der Waals surface area contributed by atoms with E-state index in [2.05, 4.69) is 18.2 Å². The summed E-state index contributed by atoms with van der Waals surface area (Å²) in [5, 5.41) is 0. The Balaban J connectivity index is 1.67. The fourth-order valence-electron chi connectivity index (χ4n) is 3.13.